The number of alkyl halides is 1. The van der Waals surface area contributed by atoms with Gasteiger partial charge >= 0.3 is 0 Å². The summed E-state index contributed by atoms with van der Waals surface area (Å²) in [6, 6.07) is 9.12. The lowest BCUT2D eigenvalue weighted by molar-refractivity contribution is -0.186. The standard InChI is InChI=1S/C12H15FO4S/c13-9-10(15)8(6-14)17-12(11(9)16)18-7-4-2-1-3-5-7/h1-5,8-12,14-16H,6H2. The first-order valence-electron chi connectivity index (χ1n) is 5.61. The first kappa shape index (κ1) is 13.8. The molecule has 1 aromatic rings. The zero-order valence-electron chi connectivity index (χ0n) is 9.52. The van der Waals surface area contributed by atoms with Crippen LogP contribution in [0.5, 0.6) is 0 Å². The van der Waals surface area contributed by atoms with Crippen LogP contribution in [-0.2, 0) is 4.74 Å². The molecule has 0 saturated carbocycles. The van der Waals surface area contributed by atoms with Gasteiger partial charge in [0.1, 0.15) is 23.7 Å². The van der Waals surface area contributed by atoms with Crippen molar-refractivity contribution in [2.75, 3.05) is 6.61 Å². The maximum atomic E-state index is 13.7. The highest BCUT2D eigenvalue weighted by atomic mass is 32.2. The summed E-state index contributed by atoms with van der Waals surface area (Å²) in [4.78, 5) is 0.821. The number of benzene rings is 1. The molecular formula is C12H15FO4S. The summed E-state index contributed by atoms with van der Waals surface area (Å²) in [5.74, 6) is 0. The molecule has 6 heteroatoms. The van der Waals surface area contributed by atoms with Crippen LogP contribution in [0.15, 0.2) is 35.2 Å². The fourth-order valence-electron chi connectivity index (χ4n) is 1.77. The minimum Gasteiger partial charge on any atom is -0.394 e. The molecule has 0 spiro atoms. The van der Waals surface area contributed by atoms with Crippen LogP contribution >= 0.6 is 11.8 Å². The van der Waals surface area contributed by atoms with Crippen molar-refractivity contribution in [3.8, 4) is 0 Å². The van der Waals surface area contributed by atoms with E-state index in [-0.39, 0.29) is 0 Å². The predicted octanol–water partition coefficient (Wildman–Crippen LogP) is 0.556. The van der Waals surface area contributed by atoms with Gasteiger partial charge in [-0.2, -0.15) is 0 Å². The number of hydrogen-bond acceptors (Lipinski definition) is 5. The second-order valence-electron chi connectivity index (χ2n) is 4.08. The lowest BCUT2D eigenvalue weighted by Gasteiger charge is -2.38. The average molecular weight is 274 g/mol. The number of rotatable bonds is 3. The van der Waals surface area contributed by atoms with Crippen molar-refractivity contribution >= 4 is 11.8 Å². The smallest absolute Gasteiger partial charge is 0.158 e. The average Bonchev–Trinajstić information content (AvgIpc) is 2.40. The van der Waals surface area contributed by atoms with Crippen LogP contribution in [0.25, 0.3) is 0 Å². The molecule has 100 valence electrons. The molecule has 5 atom stereocenters. The van der Waals surface area contributed by atoms with Crippen molar-refractivity contribution in [2.45, 2.75) is 34.8 Å². The van der Waals surface area contributed by atoms with Crippen LogP contribution in [0.3, 0.4) is 0 Å². The van der Waals surface area contributed by atoms with Gasteiger partial charge in [-0.1, -0.05) is 30.0 Å². The third-order valence-electron chi connectivity index (χ3n) is 2.80. The Balaban J connectivity index is 2.08. The van der Waals surface area contributed by atoms with E-state index in [0.29, 0.717) is 0 Å². The van der Waals surface area contributed by atoms with Gasteiger partial charge in [0.25, 0.3) is 0 Å². The van der Waals surface area contributed by atoms with E-state index in [2.05, 4.69) is 0 Å². The topological polar surface area (TPSA) is 69.9 Å². The summed E-state index contributed by atoms with van der Waals surface area (Å²) in [5.41, 5.74) is -0.844. The monoisotopic (exact) mass is 274 g/mol. The molecule has 0 bridgehead atoms. The molecule has 1 aliphatic heterocycles. The van der Waals surface area contributed by atoms with E-state index in [9.17, 15) is 14.6 Å². The molecule has 2 rings (SSSR count). The maximum absolute atomic E-state index is 13.7. The molecule has 5 unspecified atom stereocenters. The summed E-state index contributed by atoms with van der Waals surface area (Å²) in [7, 11) is 0. The van der Waals surface area contributed by atoms with E-state index in [1.54, 1.807) is 0 Å². The zero-order valence-corrected chi connectivity index (χ0v) is 10.3. The Hall–Kier alpha value is -0.660. The highest BCUT2D eigenvalue weighted by Crippen LogP contribution is 2.34. The third kappa shape index (κ3) is 2.84. The van der Waals surface area contributed by atoms with Crippen LogP contribution < -0.4 is 0 Å². The Morgan fingerprint density at radius 2 is 1.83 bits per heavy atom. The van der Waals surface area contributed by atoms with E-state index >= 15 is 0 Å². The summed E-state index contributed by atoms with van der Waals surface area (Å²) < 4.78 is 19.0. The SMILES string of the molecule is OCC1OC(Sc2ccccc2)C(O)C(F)C1O. The van der Waals surface area contributed by atoms with Gasteiger partial charge in [-0.3, -0.25) is 0 Å². The normalized spacial score (nSPS) is 36.6. The number of aliphatic hydroxyl groups excluding tert-OH is 3. The van der Waals surface area contributed by atoms with Gasteiger partial charge in [0, 0.05) is 4.90 Å². The van der Waals surface area contributed by atoms with Gasteiger partial charge in [0.05, 0.1) is 6.61 Å². The van der Waals surface area contributed by atoms with Crippen molar-refractivity contribution in [2.24, 2.45) is 0 Å². The van der Waals surface area contributed by atoms with E-state index in [1.807, 2.05) is 30.3 Å². The molecule has 3 N–H and O–H groups in total. The second kappa shape index (κ2) is 5.99. The number of aliphatic hydroxyl groups is 3. The number of ether oxygens (including phenoxy) is 1. The molecule has 0 amide bonds. The first-order chi connectivity index (χ1) is 8.63. The van der Waals surface area contributed by atoms with Gasteiger partial charge in [-0.25, -0.2) is 4.39 Å². The molecule has 1 aliphatic rings. The molecule has 1 saturated heterocycles. The van der Waals surface area contributed by atoms with Crippen molar-refractivity contribution in [3.63, 3.8) is 0 Å². The van der Waals surface area contributed by atoms with Gasteiger partial charge < -0.3 is 20.1 Å². The molecule has 1 aromatic carbocycles. The Morgan fingerprint density at radius 1 is 1.17 bits per heavy atom. The first-order valence-corrected chi connectivity index (χ1v) is 6.49. The van der Waals surface area contributed by atoms with E-state index in [4.69, 9.17) is 9.84 Å². The molecule has 1 fully saturated rings. The summed E-state index contributed by atoms with van der Waals surface area (Å²) in [6.45, 7) is -0.486. The molecule has 4 nitrogen and oxygen atoms in total. The van der Waals surface area contributed by atoms with Gasteiger partial charge in [-0.05, 0) is 12.1 Å². The second-order valence-corrected chi connectivity index (χ2v) is 5.25. The number of hydrogen-bond donors (Lipinski definition) is 3. The van der Waals surface area contributed by atoms with Gasteiger partial charge in [0.2, 0.25) is 0 Å². The molecule has 0 radical (unpaired) electrons. The zero-order chi connectivity index (χ0) is 13.1. The third-order valence-corrected chi connectivity index (χ3v) is 3.96. The highest BCUT2D eigenvalue weighted by Gasteiger charge is 2.44. The van der Waals surface area contributed by atoms with E-state index < -0.39 is 36.5 Å². The maximum Gasteiger partial charge on any atom is 0.158 e. The largest absolute Gasteiger partial charge is 0.394 e. The number of halogens is 1. The minimum absolute atomic E-state index is 0.486. The molecular weight excluding hydrogens is 259 g/mol. The van der Waals surface area contributed by atoms with Gasteiger partial charge in [-0.15, -0.1) is 0 Å². The molecule has 0 aromatic heterocycles. The Labute approximate surface area is 108 Å². The van der Waals surface area contributed by atoms with Gasteiger partial charge in [0.15, 0.2) is 6.17 Å². The van der Waals surface area contributed by atoms with Crippen LogP contribution in [0.1, 0.15) is 0 Å². The van der Waals surface area contributed by atoms with Crippen LogP contribution in [-0.4, -0.2) is 51.8 Å². The van der Waals surface area contributed by atoms with E-state index in [1.165, 1.54) is 0 Å². The van der Waals surface area contributed by atoms with Crippen molar-refractivity contribution in [1.82, 2.24) is 0 Å². The highest BCUT2D eigenvalue weighted by molar-refractivity contribution is 7.99. The lowest BCUT2D eigenvalue weighted by Crippen LogP contribution is -2.55. The van der Waals surface area contributed by atoms with Crippen LogP contribution in [0.4, 0.5) is 4.39 Å². The summed E-state index contributed by atoms with van der Waals surface area (Å²) in [6.07, 6.45) is -5.76. The Bertz CT molecular complexity index is 376. The quantitative estimate of drug-likeness (QED) is 0.751. The fourth-order valence-corrected chi connectivity index (χ4v) is 2.84. The Kier molecular flexibility index (Phi) is 4.58. The molecule has 0 aliphatic carbocycles. The molecule has 1 heterocycles. The van der Waals surface area contributed by atoms with Crippen molar-refractivity contribution in [3.05, 3.63) is 30.3 Å². The predicted molar refractivity (Wildman–Crippen MR) is 65.0 cm³/mol. The van der Waals surface area contributed by atoms with Crippen molar-refractivity contribution < 1.29 is 24.4 Å². The van der Waals surface area contributed by atoms with Crippen LogP contribution in [0.2, 0.25) is 0 Å². The van der Waals surface area contributed by atoms with Crippen LogP contribution in [0, 0.1) is 0 Å². The fraction of sp³-hybridized carbons (Fsp3) is 0.500. The minimum atomic E-state index is -1.82. The Morgan fingerprint density at radius 3 is 2.44 bits per heavy atom. The lowest BCUT2D eigenvalue weighted by atomic mass is 10.0. The summed E-state index contributed by atoms with van der Waals surface area (Å²) >= 11 is 1.16. The van der Waals surface area contributed by atoms with E-state index in [0.717, 1.165) is 16.7 Å². The number of thioether (sulfide) groups is 1. The summed E-state index contributed by atoms with van der Waals surface area (Å²) in [5, 5.41) is 28.2. The molecule has 18 heavy (non-hydrogen) atoms. The van der Waals surface area contributed by atoms with Crippen molar-refractivity contribution in [1.29, 1.82) is 0 Å².